The minimum absolute atomic E-state index is 0. The second-order valence-electron chi connectivity index (χ2n) is 6.51. The van der Waals surface area contributed by atoms with Crippen LogP contribution in [0.15, 0.2) is 29.3 Å². The van der Waals surface area contributed by atoms with Gasteiger partial charge in [0.15, 0.2) is 5.96 Å². The fourth-order valence-corrected chi connectivity index (χ4v) is 3.08. The molecule has 0 aliphatic heterocycles. The predicted molar refractivity (Wildman–Crippen MR) is 104 cm³/mol. The van der Waals surface area contributed by atoms with Crippen LogP contribution < -0.4 is 15.8 Å². The minimum Gasteiger partial charge on any atom is -0.497 e. The molecule has 0 aromatic heterocycles. The Bertz CT molecular complexity index is 481. The van der Waals surface area contributed by atoms with Gasteiger partial charge in [0.25, 0.3) is 0 Å². The van der Waals surface area contributed by atoms with Gasteiger partial charge in [-0.1, -0.05) is 20.3 Å². The van der Waals surface area contributed by atoms with Gasteiger partial charge in [0.2, 0.25) is 0 Å². The topological polar surface area (TPSA) is 59.6 Å². The van der Waals surface area contributed by atoms with Crippen molar-refractivity contribution in [3.8, 4) is 5.75 Å². The second kappa shape index (κ2) is 8.60. The van der Waals surface area contributed by atoms with E-state index in [-0.39, 0.29) is 24.0 Å². The van der Waals surface area contributed by atoms with E-state index in [0.717, 1.165) is 23.9 Å². The molecule has 1 fully saturated rings. The van der Waals surface area contributed by atoms with E-state index in [4.69, 9.17) is 10.5 Å². The van der Waals surface area contributed by atoms with Crippen molar-refractivity contribution in [2.24, 2.45) is 22.1 Å². The molecule has 0 spiro atoms. The van der Waals surface area contributed by atoms with Gasteiger partial charge < -0.3 is 15.8 Å². The van der Waals surface area contributed by atoms with Gasteiger partial charge in [-0.25, -0.2) is 0 Å². The van der Waals surface area contributed by atoms with Crippen molar-refractivity contribution in [2.45, 2.75) is 39.5 Å². The SMILES string of the molecule is COc1ccc(NC(N)=NCC2(CC(C)C)CCC2)cc1.I. The summed E-state index contributed by atoms with van der Waals surface area (Å²) in [6.07, 6.45) is 5.13. The third kappa shape index (κ3) is 5.34. The molecule has 22 heavy (non-hydrogen) atoms. The van der Waals surface area contributed by atoms with Crippen LogP contribution >= 0.6 is 24.0 Å². The summed E-state index contributed by atoms with van der Waals surface area (Å²) in [6, 6.07) is 7.69. The zero-order chi connectivity index (χ0) is 15.3. The Kier molecular flexibility index (Phi) is 7.45. The van der Waals surface area contributed by atoms with Crippen molar-refractivity contribution < 1.29 is 4.74 Å². The van der Waals surface area contributed by atoms with Gasteiger partial charge in [-0.2, -0.15) is 0 Å². The third-order valence-corrected chi connectivity index (χ3v) is 4.20. The number of ether oxygens (including phenoxy) is 1. The lowest BCUT2D eigenvalue weighted by Gasteiger charge is -2.42. The van der Waals surface area contributed by atoms with Crippen LogP contribution in [-0.2, 0) is 0 Å². The largest absolute Gasteiger partial charge is 0.497 e. The molecular formula is C17H28IN3O. The summed E-state index contributed by atoms with van der Waals surface area (Å²) in [5, 5.41) is 3.14. The number of nitrogens with one attached hydrogen (secondary N) is 1. The first-order valence-electron chi connectivity index (χ1n) is 7.74. The van der Waals surface area contributed by atoms with Crippen LogP contribution in [0, 0.1) is 11.3 Å². The number of benzene rings is 1. The van der Waals surface area contributed by atoms with Gasteiger partial charge in [0.1, 0.15) is 5.75 Å². The Morgan fingerprint density at radius 3 is 2.41 bits per heavy atom. The lowest BCUT2D eigenvalue weighted by molar-refractivity contribution is 0.112. The summed E-state index contributed by atoms with van der Waals surface area (Å²) in [6.45, 7) is 5.39. The minimum atomic E-state index is 0. The fourth-order valence-electron chi connectivity index (χ4n) is 3.08. The van der Waals surface area contributed by atoms with Crippen LogP contribution in [0.4, 0.5) is 5.69 Å². The van der Waals surface area contributed by atoms with E-state index in [1.807, 2.05) is 24.3 Å². The number of rotatable bonds is 6. The second-order valence-corrected chi connectivity index (χ2v) is 6.51. The molecule has 1 aromatic rings. The number of anilines is 1. The molecule has 0 radical (unpaired) electrons. The maximum Gasteiger partial charge on any atom is 0.193 e. The van der Waals surface area contributed by atoms with E-state index in [9.17, 15) is 0 Å². The van der Waals surface area contributed by atoms with Gasteiger partial charge >= 0.3 is 0 Å². The Morgan fingerprint density at radius 1 is 1.32 bits per heavy atom. The summed E-state index contributed by atoms with van der Waals surface area (Å²) in [7, 11) is 1.66. The molecule has 124 valence electrons. The highest BCUT2D eigenvalue weighted by Crippen LogP contribution is 2.46. The summed E-state index contributed by atoms with van der Waals surface area (Å²) in [4.78, 5) is 4.56. The number of guanidine groups is 1. The number of hydrogen-bond acceptors (Lipinski definition) is 2. The van der Waals surface area contributed by atoms with Crippen LogP contribution in [0.2, 0.25) is 0 Å². The van der Waals surface area contributed by atoms with E-state index < -0.39 is 0 Å². The average Bonchev–Trinajstić information content (AvgIpc) is 2.42. The predicted octanol–water partition coefficient (Wildman–Crippen LogP) is 4.26. The van der Waals surface area contributed by atoms with Crippen molar-refractivity contribution >= 4 is 35.6 Å². The first kappa shape index (κ1) is 19.1. The molecule has 0 atom stereocenters. The van der Waals surface area contributed by atoms with E-state index >= 15 is 0 Å². The van der Waals surface area contributed by atoms with Crippen LogP contribution in [0.5, 0.6) is 5.75 Å². The Morgan fingerprint density at radius 2 is 1.95 bits per heavy atom. The number of nitrogens with zero attached hydrogens (tertiary/aromatic N) is 1. The first-order chi connectivity index (χ1) is 10.0. The zero-order valence-corrected chi connectivity index (χ0v) is 16.1. The molecule has 3 N–H and O–H groups in total. The molecule has 4 nitrogen and oxygen atoms in total. The number of nitrogens with two attached hydrogens (primary N) is 1. The van der Waals surface area contributed by atoms with Gasteiger partial charge in [0, 0.05) is 12.2 Å². The molecule has 1 saturated carbocycles. The summed E-state index contributed by atoms with van der Waals surface area (Å²) in [5.41, 5.74) is 7.32. The van der Waals surface area contributed by atoms with Gasteiger partial charge in [-0.3, -0.25) is 4.99 Å². The van der Waals surface area contributed by atoms with Crippen molar-refractivity contribution in [2.75, 3.05) is 19.0 Å². The van der Waals surface area contributed by atoms with Crippen LogP contribution in [-0.4, -0.2) is 19.6 Å². The smallest absolute Gasteiger partial charge is 0.193 e. The summed E-state index contributed by atoms with van der Waals surface area (Å²) in [5.74, 6) is 2.05. The molecular weight excluding hydrogens is 389 g/mol. The number of halogens is 1. The van der Waals surface area contributed by atoms with Crippen LogP contribution in [0.1, 0.15) is 39.5 Å². The molecule has 0 heterocycles. The Balaban J connectivity index is 0.00000242. The molecule has 0 saturated heterocycles. The number of methoxy groups -OCH3 is 1. The molecule has 2 rings (SSSR count). The van der Waals surface area contributed by atoms with Gasteiger partial charge in [-0.15, -0.1) is 24.0 Å². The van der Waals surface area contributed by atoms with Crippen molar-refractivity contribution in [3.05, 3.63) is 24.3 Å². The molecule has 0 bridgehead atoms. The standard InChI is InChI=1S/C17H27N3O.HI/c1-13(2)11-17(9-4-10-17)12-19-16(18)20-14-5-7-15(21-3)8-6-14;/h5-8,13H,4,9-12H2,1-3H3,(H3,18,19,20);1H. The van der Waals surface area contributed by atoms with E-state index in [2.05, 4.69) is 24.2 Å². The Hall–Kier alpha value is -0.980. The zero-order valence-electron chi connectivity index (χ0n) is 13.8. The fraction of sp³-hybridized carbons (Fsp3) is 0.588. The van der Waals surface area contributed by atoms with E-state index in [1.54, 1.807) is 7.11 Å². The van der Waals surface area contributed by atoms with Gasteiger partial charge in [-0.05, 0) is 54.9 Å². The first-order valence-corrected chi connectivity index (χ1v) is 7.74. The molecule has 1 aromatic carbocycles. The van der Waals surface area contributed by atoms with Crippen molar-refractivity contribution in [3.63, 3.8) is 0 Å². The van der Waals surface area contributed by atoms with Crippen molar-refractivity contribution in [1.82, 2.24) is 0 Å². The number of aliphatic imine (C=N–C) groups is 1. The molecule has 0 amide bonds. The van der Waals surface area contributed by atoms with E-state index in [0.29, 0.717) is 11.4 Å². The average molecular weight is 417 g/mol. The normalized spacial score (nSPS) is 16.6. The highest BCUT2D eigenvalue weighted by Gasteiger charge is 2.37. The maximum atomic E-state index is 6.00. The molecule has 5 heteroatoms. The summed E-state index contributed by atoms with van der Waals surface area (Å²) < 4.78 is 5.14. The van der Waals surface area contributed by atoms with Crippen molar-refractivity contribution in [1.29, 1.82) is 0 Å². The molecule has 0 unspecified atom stereocenters. The van der Waals surface area contributed by atoms with Crippen LogP contribution in [0.3, 0.4) is 0 Å². The highest BCUT2D eigenvalue weighted by atomic mass is 127. The monoisotopic (exact) mass is 417 g/mol. The molecule has 1 aliphatic carbocycles. The van der Waals surface area contributed by atoms with Crippen LogP contribution in [0.25, 0.3) is 0 Å². The Labute approximate surface area is 150 Å². The molecule has 1 aliphatic rings. The van der Waals surface area contributed by atoms with Gasteiger partial charge in [0.05, 0.1) is 7.11 Å². The lowest BCUT2D eigenvalue weighted by atomic mass is 9.64. The number of hydrogen-bond donors (Lipinski definition) is 2. The summed E-state index contributed by atoms with van der Waals surface area (Å²) >= 11 is 0. The van der Waals surface area contributed by atoms with E-state index in [1.165, 1.54) is 25.7 Å². The lowest BCUT2D eigenvalue weighted by Crippen LogP contribution is -2.35. The highest BCUT2D eigenvalue weighted by molar-refractivity contribution is 14.0. The maximum absolute atomic E-state index is 6.00. The third-order valence-electron chi connectivity index (χ3n) is 4.20. The quantitative estimate of drug-likeness (QED) is 0.413.